The zero-order chi connectivity index (χ0) is 22.3. The van der Waals surface area contributed by atoms with Gasteiger partial charge >= 0.3 is 5.97 Å². The molecule has 160 valence electrons. The monoisotopic (exact) mass is 453 g/mol. The standard InChI is InChI=1S/C19H20ClN3O6S/c1-23(30(26,27)15-8-9-17(28-2)16(20)10-15)12-18(24)22-21-11-13-4-6-14(7-5-13)19(25)29-3/h4-11H,12H2,1-3H3,(H,22,24)/b21-11-. The van der Waals surface area contributed by atoms with Crippen LogP contribution in [0.2, 0.25) is 5.02 Å². The van der Waals surface area contributed by atoms with E-state index in [0.29, 0.717) is 16.9 Å². The minimum absolute atomic E-state index is 0.0715. The molecule has 0 spiro atoms. The molecule has 0 saturated carbocycles. The fourth-order valence-electron chi connectivity index (χ4n) is 2.31. The Morgan fingerprint density at radius 3 is 2.40 bits per heavy atom. The van der Waals surface area contributed by atoms with Gasteiger partial charge in [-0.1, -0.05) is 23.7 Å². The smallest absolute Gasteiger partial charge is 0.337 e. The van der Waals surface area contributed by atoms with E-state index in [0.717, 1.165) is 4.31 Å². The van der Waals surface area contributed by atoms with Gasteiger partial charge in [0.2, 0.25) is 10.0 Å². The predicted octanol–water partition coefficient (Wildman–Crippen LogP) is 1.91. The van der Waals surface area contributed by atoms with Crippen molar-refractivity contribution in [2.45, 2.75) is 4.90 Å². The molecule has 0 fully saturated rings. The van der Waals surface area contributed by atoms with Crippen LogP contribution in [0.3, 0.4) is 0 Å². The van der Waals surface area contributed by atoms with E-state index in [1.54, 1.807) is 24.3 Å². The Labute approximate surface area is 179 Å². The van der Waals surface area contributed by atoms with Crippen molar-refractivity contribution in [3.8, 4) is 5.75 Å². The van der Waals surface area contributed by atoms with Crippen molar-refractivity contribution < 1.29 is 27.5 Å². The Balaban J connectivity index is 1.97. The summed E-state index contributed by atoms with van der Waals surface area (Å²) in [6.45, 7) is -0.454. The van der Waals surface area contributed by atoms with Crippen LogP contribution in [0.15, 0.2) is 52.5 Å². The van der Waals surface area contributed by atoms with Crippen molar-refractivity contribution in [3.05, 3.63) is 58.6 Å². The second kappa shape index (κ2) is 10.2. The van der Waals surface area contributed by atoms with Crippen LogP contribution in [-0.2, 0) is 19.6 Å². The lowest BCUT2D eigenvalue weighted by atomic mass is 10.1. The molecule has 2 rings (SSSR count). The molecule has 0 radical (unpaired) electrons. The van der Waals surface area contributed by atoms with E-state index >= 15 is 0 Å². The van der Waals surface area contributed by atoms with Crippen molar-refractivity contribution >= 4 is 39.7 Å². The second-order valence-corrected chi connectivity index (χ2v) is 8.42. The average molecular weight is 454 g/mol. The SMILES string of the molecule is COC(=O)c1ccc(/C=N\NC(=O)CN(C)S(=O)(=O)c2ccc(OC)c(Cl)c2)cc1. The summed E-state index contributed by atoms with van der Waals surface area (Å²) < 4.78 is 35.7. The van der Waals surface area contributed by atoms with Crippen molar-refractivity contribution in [2.24, 2.45) is 5.10 Å². The van der Waals surface area contributed by atoms with Gasteiger partial charge in [0.25, 0.3) is 5.91 Å². The number of amides is 1. The number of methoxy groups -OCH3 is 2. The molecule has 2 aromatic carbocycles. The van der Waals surface area contributed by atoms with E-state index in [-0.39, 0.29) is 9.92 Å². The highest BCUT2D eigenvalue weighted by atomic mass is 35.5. The number of nitrogens with one attached hydrogen (secondary N) is 1. The zero-order valence-corrected chi connectivity index (χ0v) is 18.0. The molecule has 0 aliphatic heterocycles. The molecule has 1 amide bonds. The maximum absolute atomic E-state index is 12.6. The number of hydrazone groups is 1. The summed E-state index contributed by atoms with van der Waals surface area (Å²) in [4.78, 5) is 23.3. The van der Waals surface area contributed by atoms with E-state index in [9.17, 15) is 18.0 Å². The Kier molecular flexibility index (Phi) is 7.93. The fraction of sp³-hybridized carbons (Fsp3) is 0.211. The summed E-state index contributed by atoms with van der Waals surface area (Å²) in [5, 5.41) is 3.92. The third-order valence-electron chi connectivity index (χ3n) is 3.93. The van der Waals surface area contributed by atoms with Crippen molar-refractivity contribution in [3.63, 3.8) is 0 Å². The van der Waals surface area contributed by atoms with E-state index in [1.165, 1.54) is 45.7 Å². The number of esters is 1. The number of benzene rings is 2. The van der Waals surface area contributed by atoms with Gasteiger partial charge in [0.05, 0.1) is 42.5 Å². The summed E-state index contributed by atoms with van der Waals surface area (Å²) in [5.74, 6) is -0.762. The lowest BCUT2D eigenvalue weighted by Crippen LogP contribution is -2.36. The van der Waals surface area contributed by atoms with Gasteiger partial charge in [-0.3, -0.25) is 4.79 Å². The van der Waals surface area contributed by atoms with Gasteiger partial charge in [-0.2, -0.15) is 9.41 Å². The van der Waals surface area contributed by atoms with Gasteiger partial charge in [-0.25, -0.2) is 18.6 Å². The zero-order valence-electron chi connectivity index (χ0n) is 16.5. The highest BCUT2D eigenvalue weighted by molar-refractivity contribution is 7.89. The Hall–Kier alpha value is -2.95. The van der Waals surface area contributed by atoms with Gasteiger partial charge < -0.3 is 9.47 Å². The molecule has 0 aromatic heterocycles. The Morgan fingerprint density at radius 1 is 1.17 bits per heavy atom. The van der Waals surface area contributed by atoms with Gasteiger partial charge in [-0.05, 0) is 35.9 Å². The average Bonchev–Trinajstić information content (AvgIpc) is 2.73. The summed E-state index contributed by atoms with van der Waals surface area (Å²) >= 11 is 5.98. The molecule has 0 atom stereocenters. The van der Waals surface area contributed by atoms with Crippen LogP contribution in [0.5, 0.6) is 5.75 Å². The molecule has 0 aliphatic rings. The summed E-state index contributed by atoms with van der Waals surface area (Å²) in [6.07, 6.45) is 1.36. The van der Waals surface area contributed by atoms with Crippen molar-refractivity contribution in [1.82, 2.24) is 9.73 Å². The van der Waals surface area contributed by atoms with Gasteiger partial charge in [-0.15, -0.1) is 0 Å². The summed E-state index contributed by atoms with van der Waals surface area (Å²) in [5.41, 5.74) is 3.25. The number of rotatable bonds is 8. The van der Waals surface area contributed by atoms with Crippen molar-refractivity contribution in [2.75, 3.05) is 27.8 Å². The molecular formula is C19H20ClN3O6S. The number of carbonyl (C=O) groups excluding carboxylic acids is 2. The summed E-state index contributed by atoms with van der Waals surface area (Å²) in [6, 6.07) is 10.4. The maximum atomic E-state index is 12.6. The topological polar surface area (TPSA) is 114 Å². The van der Waals surface area contributed by atoms with Gasteiger partial charge in [0.15, 0.2) is 0 Å². The number of hydrogen-bond acceptors (Lipinski definition) is 7. The number of halogens is 1. The highest BCUT2D eigenvalue weighted by Gasteiger charge is 2.23. The normalized spacial score (nSPS) is 11.5. The molecule has 30 heavy (non-hydrogen) atoms. The molecule has 0 bridgehead atoms. The van der Waals surface area contributed by atoms with Crippen LogP contribution >= 0.6 is 11.6 Å². The number of hydrogen-bond donors (Lipinski definition) is 1. The number of sulfonamides is 1. The van der Waals surface area contributed by atoms with Crippen LogP contribution < -0.4 is 10.2 Å². The molecule has 1 N–H and O–H groups in total. The van der Waals surface area contributed by atoms with Crippen LogP contribution in [0.1, 0.15) is 15.9 Å². The van der Waals surface area contributed by atoms with Gasteiger partial charge in [0.1, 0.15) is 5.75 Å². The van der Waals surface area contributed by atoms with E-state index in [1.807, 2.05) is 0 Å². The lowest BCUT2D eigenvalue weighted by molar-refractivity contribution is -0.121. The number of carbonyl (C=O) groups is 2. The first-order chi connectivity index (χ1) is 14.2. The quantitative estimate of drug-likeness (QED) is 0.371. The maximum Gasteiger partial charge on any atom is 0.337 e. The number of likely N-dealkylation sites (N-methyl/N-ethyl adjacent to an activating group) is 1. The minimum Gasteiger partial charge on any atom is -0.495 e. The van der Waals surface area contributed by atoms with E-state index < -0.39 is 28.4 Å². The molecule has 2 aromatic rings. The Bertz CT molecular complexity index is 1050. The van der Waals surface area contributed by atoms with E-state index in [2.05, 4.69) is 15.3 Å². The summed E-state index contributed by atoms with van der Waals surface area (Å²) in [7, 11) is 0.0307. The predicted molar refractivity (Wildman–Crippen MR) is 111 cm³/mol. The molecule has 0 heterocycles. The Morgan fingerprint density at radius 2 is 1.83 bits per heavy atom. The molecule has 0 unspecified atom stereocenters. The number of ether oxygens (including phenoxy) is 2. The van der Waals surface area contributed by atoms with Gasteiger partial charge in [0, 0.05) is 7.05 Å². The van der Waals surface area contributed by atoms with Crippen LogP contribution in [0.4, 0.5) is 0 Å². The third kappa shape index (κ3) is 5.78. The molecule has 0 aliphatic carbocycles. The molecular weight excluding hydrogens is 434 g/mol. The first-order valence-corrected chi connectivity index (χ1v) is 10.3. The second-order valence-electron chi connectivity index (χ2n) is 5.96. The van der Waals surface area contributed by atoms with E-state index in [4.69, 9.17) is 16.3 Å². The third-order valence-corrected chi connectivity index (χ3v) is 6.03. The first kappa shape index (κ1) is 23.3. The van der Waals surface area contributed by atoms with Crippen molar-refractivity contribution in [1.29, 1.82) is 0 Å². The number of nitrogens with zero attached hydrogens (tertiary/aromatic N) is 2. The fourth-order valence-corrected chi connectivity index (χ4v) is 3.79. The van der Waals surface area contributed by atoms with Crippen LogP contribution in [0.25, 0.3) is 0 Å². The molecule has 11 heteroatoms. The highest BCUT2D eigenvalue weighted by Crippen LogP contribution is 2.27. The molecule has 9 nitrogen and oxygen atoms in total. The largest absolute Gasteiger partial charge is 0.495 e. The molecule has 0 saturated heterocycles. The lowest BCUT2D eigenvalue weighted by Gasteiger charge is -2.16. The van der Waals surface area contributed by atoms with Crippen LogP contribution in [0, 0.1) is 0 Å². The minimum atomic E-state index is -3.94. The van der Waals surface area contributed by atoms with Crippen LogP contribution in [-0.4, -0.2) is 58.6 Å². The first-order valence-electron chi connectivity index (χ1n) is 8.49.